The fraction of sp³-hybridized carbons (Fsp3) is 0.462. The van der Waals surface area contributed by atoms with Gasteiger partial charge in [-0.3, -0.25) is 0 Å². The molecular weight excluding hydrogens is 235 g/mol. The van der Waals surface area contributed by atoms with Crippen LogP contribution in [0.1, 0.15) is 24.5 Å². The van der Waals surface area contributed by atoms with Crippen molar-refractivity contribution < 1.29 is 4.39 Å². The molecule has 0 amide bonds. The molecule has 0 radical (unpaired) electrons. The highest BCUT2D eigenvalue weighted by Crippen LogP contribution is 2.09. The molecule has 1 aromatic carbocycles. The molecule has 1 N–H and O–H groups in total. The second-order valence-electron chi connectivity index (χ2n) is 3.65. The Bertz CT molecular complexity index is 387. The Balaban J connectivity index is 2.30. The van der Waals surface area contributed by atoms with Gasteiger partial charge in [0.2, 0.25) is 0 Å². The van der Waals surface area contributed by atoms with E-state index in [2.05, 4.69) is 12.2 Å². The molecule has 0 unspecified atom stereocenters. The molecule has 0 heterocycles. The average Bonchev–Trinajstić information content (AvgIpc) is 2.35. The zero-order valence-corrected chi connectivity index (χ0v) is 10.8. The van der Waals surface area contributed by atoms with Gasteiger partial charge in [0.15, 0.2) is 0 Å². The first-order valence-electron chi connectivity index (χ1n) is 5.75. The molecule has 0 aliphatic heterocycles. The third-order valence-corrected chi connectivity index (χ3v) is 3.33. The van der Waals surface area contributed by atoms with Gasteiger partial charge in [-0.1, -0.05) is 13.0 Å². The SMILES string of the molecule is CCSCCCNCc1ccc(C#N)cc1F. The monoisotopic (exact) mass is 252 g/mol. The summed E-state index contributed by atoms with van der Waals surface area (Å²) in [5.41, 5.74) is 0.984. The first-order valence-corrected chi connectivity index (χ1v) is 6.90. The number of hydrogen-bond acceptors (Lipinski definition) is 3. The van der Waals surface area contributed by atoms with Crippen LogP contribution in [0.4, 0.5) is 4.39 Å². The highest BCUT2D eigenvalue weighted by Gasteiger charge is 2.02. The molecule has 1 rings (SSSR count). The smallest absolute Gasteiger partial charge is 0.129 e. The van der Waals surface area contributed by atoms with Gasteiger partial charge in [0.25, 0.3) is 0 Å². The van der Waals surface area contributed by atoms with E-state index in [4.69, 9.17) is 5.26 Å². The molecule has 0 aromatic heterocycles. The summed E-state index contributed by atoms with van der Waals surface area (Å²) >= 11 is 1.91. The van der Waals surface area contributed by atoms with Crippen LogP contribution in [-0.2, 0) is 6.54 Å². The van der Waals surface area contributed by atoms with Crippen LogP contribution >= 0.6 is 11.8 Å². The topological polar surface area (TPSA) is 35.8 Å². The van der Waals surface area contributed by atoms with Gasteiger partial charge in [-0.2, -0.15) is 17.0 Å². The molecule has 1 aromatic rings. The highest BCUT2D eigenvalue weighted by molar-refractivity contribution is 7.99. The van der Waals surface area contributed by atoms with Crippen LogP contribution in [0, 0.1) is 17.1 Å². The van der Waals surface area contributed by atoms with E-state index in [1.165, 1.54) is 6.07 Å². The number of rotatable bonds is 7. The summed E-state index contributed by atoms with van der Waals surface area (Å²) in [6, 6.07) is 6.52. The fourth-order valence-electron chi connectivity index (χ4n) is 1.43. The number of nitrogens with zero attached hydrogens (tertiary/aromatic N) is 1. The highest BCUT2D eigenvalue weighted by atomic mass is 32.2. The molecule has 0 saturated heterocycles. The second-order valence-corrected chi connectivity index (χ2v) is 5.04. The standard InChI is InChI=1S/C13H17FN2S/c1-2-17-7-3-6-16-10-12-5-4-11(9-15)8-13(12)14/h4-5,8,16H,2-3,6-7,10H2,1H3. The van der Waals surface area contributed by atoms with Gasteiger partial charge in [0.1, 0.15) is 5.82 Å². The van der Waals surface area contributed by atoms with E-state index >= 15 is 0 Å². The second kappa shape index (κ2) is 8.10. The van der Waals surface area contributed by atoms with E-state index < -0.39 is 0 Å². The maximum absolute atomic E-state index is 13.5. The Morgan fingerprint density at radius 1 is 1.47 bits per heavy atom. The van der Waals surface area contributed by atoms with Crippen LogP contribution in [0.2, 0.25) is 0 Å². The lowest BCUT2D eigenvalue weighted by atomic mass is 10.1. The van der Waals surface area contributed by atoms with Crippen LogP contribution in [0.15, 0.2) is 18.2 Å². The van der Waals surface area contributed by atoms with Gasteiger partial charge in [-0.05, 0) is 36.6 Å². The van der Waals surface area contributed by atoms with Gasteiger partial charge in [-0.25, -0.2) is 4.39 Å². The van der Waals surface area contributed by atoms with Gasteiger partial charge >= 0.3 is 0 Å². The summed E-state index contributed by atoms with van der Waals surface area (Å²) in [6.45, 7) is 3.56. The first-order chi connectivity index (χ1) is 8.27. The zero-order chi connectivity index (χ0) is 12.5. The number of nitriles is 1. The Kier molecular flexibility index (Phi) is 6.68. The molecule has 0 atom stereocenters. The van der Waals surface area contributed by atoms with Crippen LogP contribution in [0.25, 0.3) is 0 Å². The van der Waals surface area contributed by atoms with Crippen LogP contribution in [0.5, 0.6) is 0 Å². The maximum Gasteiger partial charge on any atom is 0.129 e. The van der Waals surface area contributed by atoms with E-state index in [9.17, 15) is 4.39 Å². The summed E-state index contributed by atoms with van der Waals surface area (Å²) in [5.74, 6) is 1.98. The Morgan fingerprint density at radius 2 is 2.29 bits per heavy atom. The van der Waals surface area contributed by atoms with E-state index in [0.717, 1.165) is 24.5 Å². The summed E-state index contributed by atoms with van der Waals surface area (Å²) in [6.07, 6.45) is 1.09. The lowest BCUT2D eigenvalue weighted by Gasteiger charge is -2.06. The van der Waals surface area contributed by atoms with E-state index in [1.54, 1.807) is 12.1 Å². The third-order valence-electron chi connectivity index (χ3n) is 2.34. The predicted octanol–water partition coefficient (Wildman–Crippen LogP) is 2.93. The number of benzene rings is 1. The van der Waals surface area contributed by atoms with Gasteiger partial charge in [0.05, 0.1) is 11.6 Å². The predicted molar refractivity (Wildman–Crippen MR) is 70.4 cm³/mol. The minimum atomic E-state index is -0.306. The Morgan fingerprint density at radius 3 is 2.94 bits per heavy atom. The number of thioether (sulfide) groups is 1. The van der Waals surface area contributed by atoms with Crippen molar-refractivity contribution in [1.82, 2.24) is 5.32 Å². The van der Waals surface area contributed by atoms with Crippen LogP contribution < -0.4 is 5.32 Å². The molecule has 0 bridgehead atoms. The lowest BCUT2D eigenvalue weighted by Crippen LogP contribution is -2.16. The summed E-state index contributed by atoms with van der Waals surface area (Å²) in [4.78, 5) is 0. The van der Waals surface area contributed by atoms with Crippen LogP contribution in [-0.4, -0.2) is 18.1 Å². The van der Waals surface area contributed by atoms with Crippen molar-refractivity contribution in [2.24, 2.45) is 0 Å². The Hall–Kier alpha value is -1.05. The first kappa shape index (κ1) is 14.0. The number of halogens is 1. The summed E-state index contributed by atoms with van der Waals surface area (Å²) in [7, 11) is 0. The zero-order valence-electron chi connectivity index (χ0n) is 10.0. The van der Waals surface area contributed by atoms with Crippen molar-refractivity contribution in [3.8, 4) is 6.07 Å². The van der Waals surface area contributed by atoms with E-state index in [-0.39, 0.29) is 5.82 Å². The molecule has 2 nitrogen and oxygen atoms in total. The van der Waals surface area contributed by atoms with Crippen molar-refractivity contribution in [2.75, 3.05) is 18.1 Å². The largest absolute Gasteiger partial charge is 0.313 e. The molecule has 0 fully saturated rings. The minimum Gasteiger partial charge on any atom is -0.313 e. The van der Waals surface area contributed by atoms with Crippen molar-refractivity contribution in [2.45, 2.75) is 19.9 Å². The van der Waals surface area contributed by atoms with Crippen molar-refractivity contribution in [3.05, 3.63) is 35.1 Å². The van der Waals surface area contributed by atoms with E-state index in [1.807, 2.05) is 17.8 Å². The number of nitrogens with one attached hydrogen (secondary N) is 1. The van der Waals surface area contributed by atoms with E-state index in [0.29, 0.717) is 17.7 Å². The summed E-state index contributed by atoms with van der Waals surface area (Å²) < 4.78 is 13.5. The molecule has 17 heavy (non-hydrogen) atoms. The van der Waals surface area contributed by atoms with Gasteiger partial charge in [0, 0.05) is 12.1 Å². The van der Waals surface area contributed by atoms with Crippen molar-refractivity contribution in [3.63, 3.8) is 0 Å². The normalized spacial score (nSPS) is 10.2. The van der Waals surface area contributed by atoms with Gasteiger partial charge in [-0.15, -0.1) is 0 Å². The van der Waals surface area contributed by atoms with Crippen LogP contribution in [0.3, 0.4) is 0 Å². The Labute approximate surface area is 106 Å². The molecule has 0 aliphatic carbocycles. The maximum atomic E-state index is 13.5. The fourth-order valence-corrected chi connectivity index (χ4v) is 2.06. The molecule has 4 heteroatoms. The molecule has 0 spiro atoms. The molecule has 0 aliphatic rings. The third kappa shape index (κ3) is 5.20. The number of hydrogen-bond donors (Lipinski definition) is 1. The van der Waals surface area contributed by atoms with Crippen molar-refractivity contribution >= 4 is 11.8 Å². The summed E-state index contributed by atoms with van der Waals surface area (Å²) in [5, 5.41) is 11.8. The van der Waals surface area contributed by atoms with Gasteiger partial charge < -0.3 is 5.32 Å². The van der Waals surface area contributed by atoms with Crippen molar-refractivity contribution in [1.29, 1.82) is 5.26 Å². The lowest BCUT2D eigenvalue weighted by molar-refractivity contribution is 0.586. The molecule has 0 saturated carbocycles. The molecule has 92 valence electrons. The quantitative estimate of drug-likeness (QED) is 0.758. The molecular formula is C13H17FN2S. The minimum absolute atomic E-state index is 0.306. The average molecular weight is 252 g/mol.